The Bertz CT molecular complexity index is 909. The van der Waals surface area contributed by atoms with E-state index in [4.69, 9.17) is 9.47 Å². The van der Waals surface area contributed by atoms with Crippen LogP contribution in [0, 0.1) is 5.41 Å². The zero-order valence-electron chi connectivity index (χ0n) is 17.8. The van der Waals surface area contributed by atoms with E-state index in [1.54, 1.807) is 36.4 Å². The van der Waals surface area contributed by atoms with E-state index in [1.165, 1.54) is 19.1 Å². The Balaban J connectivity index is 2.15. The van der Waals surface area contributed by atoms with Gasteiger partial charge >= 0.3 is 12.1 Å². The summed E-state index contributed by atoms with van der Waals surface area (Å²) in [4.78, 5) is 35.4. The van der Waals surface area contributed by atoms with Crippen molar-refractivity contribution in [2.45, 2.75) is 33.3 Å². The second-order valence-corrected chi connectivity index (χ2v) is 8.07. The average molecular weight is 446 g/mol. The van der Waals surface area contributed by atoms with Crippen molar-refractivity contribution < 1.29 is 29.0 Å². The minimum absolute atomic E-state index is 0.0108. The Morgan fingerprint density at radius 3 is 2.23 bits per heavy atom. The number of carbonyl (C=O) groups is 3. The van der Waals surface area contributed by atoms with Gasteiger partial charge in [-0.1, -0.05) is 26.0 Å². The summed E-state index contributed by atoms with van der Waals surface area (Å²) in [6, 6.07) is 12.9. The minimum Gasteiger partial charge on any atom is -0.508 e. The minimum atomic E-state index is -0.681. The molecule has 0 heterocycles. The third-order valence-corrected chi connectivity index (χ3v) is 5.07. The average Bonchev–Trinajstić information content (AvgIpc) is 2.72. The van der Waals surface area contributed by atoms with Gasteiger partial charge in [-0.2, -0.15) is 12.6 Å². The van der Waals surface area contributed by atoms with Gasteiger partial charge in [0.05, 0.1) is 12.4 Å². The van der Waals surface area contributed by atoms with Crippen molar-refractivity contribution in [1.82, 2.24) is 0 Å². The van der Waals surface area contributed by atoms with Crippen LogP contribution >= 0.6 is 12.6 Å². The maximum Gasteiger partial charge on any atom is 0.412 e. The molecule has 2 N–H and O–H groups in total. The van der Waals surface area contributed by atoms with Crippen LogP contribution in [0.1, 0.15) is 49.2 Å². The second-order valence-electron chi connectivity index (χ2n) is 7.75. The van der Waals surface area contributed by atoms with E-state index in [2.05, 4.69) is 17.9 Å². The van der Waals surface area contributed by atoms with Crippen molar-refractivity contribution in [3.63, 3.8) is 0 Å². The van der Waals surface area contributed by atoms with Gasteiger partial charge in [0.25, 0.3) is 0 Å². The predicted octanol–water partition coefficient (Wildman–Crippen LogP) is 4.77. The molecule has 1 atom stereocenters. The largest absolute Gasteiger partial charge is 0.508 e. The first-order chi connectivity index (χ1) is 14.6. The molecule has 0 aliphatic rings. The van der Waals surface area contributed by atoms with Crippen molar-refractivity contribution in [3.8, 4) is 5.75 Å². The van der Waals surface area contributed by atoms with Gasteiger partial charge in [-0.15, -0.1) is 0 Å². The molecule has 0 bridgehead atoms. The normalized spacial score (nSPS) is 12.0. The zero-order valence-corrected chi connectivity index (χ0v) is 18.6. The topological polar surface area (TPSA) is 102 Å². The first kappa shape index (κ1) is 24.3. The van der Waals surface area contributed by atoms with E-state index in [1.807, 2.05) is 13.8 Å². The summed E-state index contributed by atoms with van der Waals surface area (Å²) < 4.78 is 10.9. The molecule has 0 spiro atoms. The highest BCUT2D eigenvalue weighted by Gasteiger charge is 2.34. The highest BCUT2D eigenvalue weighted by Crippen LogP contribution is 2.40. The molecule has 166 valence electrons. The highest BCUT2D eigenvalue weighted by atomic mass is 32.1. The number of carbonyl (C=O) groups excluding carboxylic acids is 3. The molecule has 8 heteroatoms. The summed E-state index contributed by atoms with van der Waals surface area (Å²) in [7, 11) is 0. The molecular formula is C23H27NO6S. The van der Waals surface area contributed by atoms with E-state index in [9.17, 15) is 19.5 Å². The van der Waals surface area contributed by atoms with Crippen LogP contribution < -0.4 is 5.32 Å². The molecule has 31 heavy (non-hydrogen) atoms. The Morgan fingerprint density at radius 1 is 1.06 bits per heavy atom. The van der Waals surface area contributed by atoms with Gasteiger partial charge in [0.15, 0.2) is 5.78 Å². The lowest BCUT2D eigenvalue weighted by Crippen LogP contribution is -2.30. The number of nitrogens with one attached hydrogen (secondary N) is 1. The summed E-state index contributed by atoms with van der Waals surface area (Å²) >= 11 is 3.88. The summed E-state index contributed by atoms with van der Waals surface area (Å²) in [5.74, 6) is -0.406. The molecular weight excluding hydrogens is 418 g/mol. The van der Waals surface area contributed by atoms with Gasteiger partial charge in [0.1, 0.15) is 11.9 Å². The van der Waals surface area contributed by atoms with Crippen molar-refractivity contribution in [2.24, 2.45) is 5.41 Å². The fourth-order valence-electron chi connectivity index (χ4n) is 2.98. The number of aromatic hydroxyl groups is 1. The number of ketones is 1. The van der Waals surface area contributed by atoms with Crippen molar-refractivity contribution in [1.29, 1.82) is 0 Å². The lowest BCUT2D eigenvalue weighted by Gasteiger charge is -2.34. The Morgan fingerprint density at radius 2 is 1.68 bits per heavy atom. The zero-order chi connectivity index (χ0) is 23.0. The summed E-state index contributed by atoms with van der Waals surface area (Å²) in [6.45, 7) is 5.41. The standard InChI is InChI=1S/C23H27NO6S/c1-15(25)16-4-8-18(9-5-16)24-22(28)30-21(17-6-10-19(26)11-7-17)23(2,3)12-13-29-20(27)14-31/h4-11,21,26,31H,12-14H2,1-3H3,(H,24,28)/t21-/m0/s1. The van der Waals surface area contributed by atoms with Crippen LogP contribution in [0.3, 0.4) is 0 Å². The summed E-state index contributed by atoms with van der Waals surface area (Å²) in [5, 5.41) is 12.3. The lowest BCUT2D eigenvalue weighted by atomic mass is 9.80. The SMILES string of the molecule is CC(=O)c1ccc(NC(=O)O[C@@H](c2ccc(O)cc2)C(C)(C)CCOC(=O)CS)cc1. The molecule has 0 radical (unpaired) electrons. The molecule has 1 amide bonds. The number of hydrogen-bond acceptors (Lipinski definition) is 7. The van der Waals surface area contributed by atoms with E-state index in [0.717, 1.165) is 0 Å². The molecule has 2 aromatic rings. The van der Waals surface area contributed by atoms with Gasteiger partial charge in [0.2, 0.25) is 0 Å². The molecule has 0 unspecified atom stereocenters. The van der Waals surface area contributed by atoms with Gasteiger partial charge < -0.3 is 14.6 Å². The molecule has 0 aliphatic carbocycles. The monoisotopic (exact) mass is 445 g/mol. The molecule has 0 saturated heterocycles. The number of amides is 1. The molecule has 0 saturated carbocycles. The smallest absolute Gasteiger partial charge is 0.412 e. The van der Waals surface area contributed by atoms with Crippen LogP contribution in [0.2, 0.25) is 0 Å². The fraction of sp³-hybridized carbons (Fsp3) is 0.348. The van der Waals surface area contributed by atoms with Crippen LogP contribution in [0.4, 0.5) is 10.5 Å². The number of Topliss-reactive ketones (excluding diaryl/α,β-unsaturated/α-hetero) is 1. The Hall–Kier alpha value is -3.00. The van der Waals surface area contributed by atoms with E-state index < -0.39 is 23.6 Å². The molecule has 0 aromatic heterocycles. The van der Waals surface area contributed by atoms with Crippen molar-refractivity contribution >= 4 is 36.2 Å². The first-order valence-electron chi connectivity index (χ1n) is 9.76. The number of esters is 1. The van der Waals surface area contributed by atoms with E-state index in [-0.39, 0.29) is 23.9 Å². The maximum atomic E-state index is 12.6. The maximum absolute atomic E-state index is 12.6. The summed E-state index contributed by atoms with van der Waals surface area (Å²) in [5.41, 5.74) is 1.12. The number of phenols is 1. The Labute approximate surface area is 187 Å². The highest BCUT2D eigenvalue weighted by molar-refractivity contribution is 7.81. The van der Waals surface area contributed by atoms with Crippen molar-refractivity contribution in [2.75, 3.05) is 17.7 Å². The second kappa shape index (κ2) is 10.9. The number of ether oxygens (including phenoxy) is 2. The molecule has 7 nitrogen and oxygen atoms in total. The van der Waals surface area contributed by atoms with Gasteiger partial charge in [-0.25, -0.2) is 4.79 Å². The Kier molecular flexibility index (Phi) is 8.50. The predicted molar refractivity (Wildman–Crippen MR) is 121 cm³/mol. The number of anilines is 1. The van der Waals surface area contributed by atoms with E-state index in [0.29, 0.717) is 23.2 Å². The molecule has 0 aliphatic heterocycles. The van der Waals surface area contributed by atoms with Crippen LogP contribution in [0.25, 0.3) is 0 Å². The lowest BCUT2D eigenvalue weighted by molar-refractivity contribution is -0.141. The number of rotatable bonds is 9. The van der Waals surface area contributed by atoms with E-state index >= 15 is 0 Å². The summed E-state index contributed by atoms with van der Waals surface area (Å²) in [6.07, 6.45) is -0.924. The van der Waals surface area contributed by atoms with Crippen LogP contribution in [0.15, 0.2) is 48.5 Å². The molecule has 2 aromatic carbocycles. The van der Waals surface area contributed by atoms with Gasteiger partial charge in [-0.05, 0) is 55.3 Å². The van der Waals surface area contributed by atoms with Crippen LogP contribution in [0.5, 0.6) is 5.75 Å². The quantitative estimate of drug-likeness (QED) is 0.292. The third kappa shape index (κ3) is 7.32. The first-order valence-corrected chi connectivity index (χ1v) is 10.4. The third-order valence-electron chi connectivity index (χ3n) is 4.81. The van der Waals surface area contributed by atoms with Gasteiger partial charge in [0, 0.05) is 16.7 Å². The number of phenolic OH excluding ortho intramolecular Hbond substituents is 1. The van der Waals surface area contributed by atoms with Crippen LogP contribution in [-0.4, -0.2) is 35.3 Å². The number of hydrogen-bond donors (Lipinski definition) is 3. The van der Waals surface area contributed by atoms with Gasteiger partial charge in [-0.3, -0.25) is 14.9 Å². The number of thiol groups is 1. The number of benzene rings is 2. The van der Waals surface area contributed by atoms with Crippen LogP contribution in [-0.2, 0) is 14.3 Å². The fourth-order valence-corrected chi connectivity index (χ4v) is 3.07. The molecule has 2 rings (SSSR count). The molecule has 0 fully saturated rings. The van der Waals surface area contributed by atoms with Crippen molar-refractivity contribution in [3.05, 3.63) is 59.7 Å².